The van der Waals surface area contributed by atoms with Gasteiger partial charge in [-0.15, -0.1) is 12.4 Å². The quantitative estimate of drug-likeness (QED) is 0.764. The maximum absolute atomic E-state index is 12.1. The molecule has 0 spiro atoms. The van der Waals surface area contributed by atoms with Gasteiger partial charge in [-0.25, -0.2) is 0 Å². The van der Waals surface area contributed by atoms with Crippen LogP contribution in [0, 0.1) is 0 Å². The molecule has 2 rings (SSSR count). The third-order valence-electron chi connectivity index (χ3n) is 3.90. The number of rotatable bonds is 6. The van der Waals surface area contributed by atoms with E-state index in [9.17, 15) is 4.79 Å². The molecule has 0 aliphatic heterocycles. The van der Waals surface area contributed by atoms with E-state index in [2.05, 4.69) is 15.5 Å². The molecule has 0 fully saturated rings. The minimum absolute atomic E-state index is 0. The molecule has 1 amide bonds. The molecule has 5 nitrogen and oxygen atoms in total. The van der Waals surface area contributed by atoms with E-state index in [4.69, 9.17) is 5.73 Å². The number of halogens is 1. The highest BCUT2D eigenvalue weighted by Gasteiger charge is 2.21. The van der Waals surface area contributed by atoms with E-state index in [1.165, 1.54) is 0 Å². The van der Waals surface area contributed by atoms with Crippen LogP contribution in [-0.4, -0.2) is 28.2 Å². The smallest absolute Gasteiger partial charge is 0.269 e. The van der Waals surface area contributed by atoms with Crippen molar-refractivity contribution in [1.29, 1.82) is 0 Å². The lowest BCUT2D eigenvalue weighted by Crippen LogP contribution is -2.49. The Labute approximate surface area is 137 Å². The highest BCUT2D eigenvalue weighted by atomic mass is 35.5. The molecule has 1 aromatic heterocycles. The Morgan fingerprint density at radius 3 is 2.50 bits per heavy atom. The van der Waals surface area contributed by atoms with Crippen molar-refractivity contribution < 1.29 is 4.79 Å². The number of hydrogen-bond acceptors (Lipinski definition) is 3. The molecule has 4 N–H and O–H groups in total. The summed E-state index contributed by atoms with van der Waals surface area (Å²) in [6, 6.07) is 11.5. The lowest BCUT2D eigenvalue weighted by Gasteiger charge is -2.26. The zero-order chi connectivity index (χ0) is 15.3. The maximum Gasteiger partial charge on any atom is 0.269 e. The second kappa shape index (κ2) is 7.96. The van der Waals surface area contributed by atoms with Gasteiger partial charge in [-0.05, 0) is 18.9 Å². The molecule has 0 saturated carbocycles. The summed E-state index contributed by atoms with van der Waals surface area (Å²) in [4.78, 5) is 12.1. The van der Waals surface area contributed by atoms with Crippen LogP contribution in [0.5, 0.6) is 0 Å². The minimum Gasteiger partial charge on any atom is -0.349 e. The van der Waals surface area contributed by atoms with Gasteiger partial charge < -0.3 is 11.1 Å². The Bertz CT molecular complexity index is 593. The molecule has 0 saturated heterocycles. The van der Waals surface area contributed by atoms with E-state index >= 15 is 0 Å². The van der Waals surface area contributed by atoms with Crippen LogP contribution in [0.2, 0.25) is 0 Å². The summed E-state index contributed by atoms with van der Waals surface area (Å²) < 4.78 is 0. The average Bonchev–Trinajstić information content (AvgIpc) is 3.03. The van der Waals surface area contributed by atoms with Gasteiger partial charge in [-0.2, -0.15) is 5.10 Å². The third-order valence-corrected chi connectivity index (χ3v) is 3.90. The predicted molar refractivity (Wildman–Crippen MR) is 91.1 cm³/mol. The van der Waals surface area contributed by atoms with Crippen LogP contribution < -0.4 is 11.1 Å². The fourth-order valence-electron chi connectivity index (χ4n) is 2.05. The minimum atomic E-state index is -0.349. The number of amides is 1. The van der Waals surface area contributed by atoms with Crippen LogP contribution in [0.1, 0.15) is 37.2 Å². The van der Waals surface area contributed by atoms with Crippen molar-refractivity contribution in [2.24, 2.45) is 5.73 Å². The molecule has 1 heterocycles. The van der Waals surface area contributed by atoms with Gasteiger partial charge in [0.25, 0.3) is 5.91 Å². The molecule has 0 atom stereocenters. The van der Waals surface area contributed by atoms with Gasteiger partial charge in [0.05, 0.1) is 5.69 Å². The summed E-state index contributed by atoms with van der Waals surface area (Å²) in [6.07, 6.45) is 1.64. The summed E-state index contributed by atoms with van der Waals surface area (Å²) in [5.41, 5.74) is 8.01. The standard InChI is InChI=1S/C16H22N4O.ClH/c1-3-16(17,4-2)11-18-15(21)14-10-13(19-20-14)12-8-6-5-7-9-12;/h5-10H,3-4,11,17H2,1-2H3,(H,18,21)(H,19,20);1H. The van der Waals surface area contributed by atoms with Gasteiger partial charge in [0.2, 0.25) is 0 Å². The van der Waals surface area contributed by atoms with E-state index in [0.717, 1.165) is 24.1 Å². The zero-order valence-electron chi connectivity index (χ0n) is 12.9. The van der Waals surface area contributed by atoms with Gasteiger partial charge in [-0.3, -0.25) is 9.89 Å². The molecule has 0 bridgehead atoms. The number of nitrogens with zero attached hydrogens (tertiary/aromatic N) is 1. The number of H-pyrrole nitrogens is 1. The van der Waals surface area contributed by atoms with Crippen LogP contribution in [0.25, 0.3) is 11.3 Å². The molecular weight excluding hydrogens is 300 g/mol. The number of aromatic nitrogens is 2. The molecule has 0 aliphatic carbocycles. The van der Waals surface area contributed by atoms with Crippen LogP contribution in [0.3, 0.4) is 0 Å². The van der Waals surface area contributed by atoms with Gasteiger partial charge >= 0.3 is 0 Å². The first-order valence-corrected chi connectivity index (χ1v) is 7.26. The third kappa shape index (κ3) is 4.32. The lowest BCUT2D eigenvalue weighted by atomic mass is 9.94. The van der Waals surface area contributed by atoms with Crippen LogP contribution in [-0.2, 0) is 0 Å². The van der Waals surface area contributed by atoms with Crippen LogP contribution in [0.4, 0.5) is 0 Å². The molecule has 0 radical (unpaired) electrons. The topological polar surface area (TPSA) is 83.8 Å². The first kappa shape index (κ1) is 18.2. The Morgan fingerprint density at radius 2 is 1.91 bits per heavy atom. The van der Waals surface area contributed by atoms with Crippen LogP contribution >= 0.6 is 12.4 Å². The molecule has 1 aromatic carbocycles. The first-order chi connectivity index (χ1) is 10.1. The number of nitrogens with one attached hydrogen (secondary N) is 2. The normalized spacial score (nSPS) is 10.9. The monoisotopic (exact) mass is 322 g/mol. The van der Waals surface area contributed by atoms with E-state index < -0.39 is 0 Å². The molecule has 22 heavy (non-hydrogen) atoms. The van der Waals surface area contributed by atoms with Crippen molar-refractivity contribution in [3.8, 4) is 11.3 Å². The Hall–Kier alpha value is -1.85. The fraction of sp³-hybridized carbons (Fsp3) is 0.375. The molecule has 0 aliphatic rings. The molecule has 120 valence electrons. The van der Waals surface area contributed by atoms with Crippen molar-refractivity contribution in [2.75, 3.05) is 6.54 Å². The second-order valence-corrected chi connectivity index (χ2v) is 5.29. The fourth-order valence-corrected chi connectivity index (χ4v) is 2.05. The van der Waals surface area contributed by atoms with Gasteiger partial charge in [0.1, 0.15) is 5.69 Å². The van der Waals surface area contributed by atoms with Crippen LogP contribution in [0.15, 0.2) is 36.4 Å². The zero-order valence-corrected chi connectivity index (χ0v) is 13.7. The van der Waals surface area contributed by atoms with E-state index in [1.54, 1.807) is 6.07 Å². The predicted octanol–water partition coefficient (Wildman–Crippen LogP) is 2.75. The summed E-state index contributed by atoms with van der Waals surface area (Å²) in [7, 11) is 0. The molecular formula is C16H23ClN4O. The van der Waals surface area contributed by atoms with Crippen molar-refractivity contribution in [3.05, 3.63) is 42.1 Å². The van der Waals surface area contributed by atoms with Crippen molar-refractivity contribution in [3.63, 3.8) is 0 Å². The summed E-state index contributed by atoms with van der Waals surface area (Å²) in [5.74, 6) is -0.179. The summed E-state index contributed by atoms with van der Waals surface area (Å²) >= 11 is 0. The lowest BCUT2D eigenvalue weighted by molar-refractivity contribution is 0.0937. The molecule has 6 heteroatoms. The average molecular weight is 323 g/mol. The first-order valence-electron chi connectivity index (χ1n) is 7.26. The van der Waals surface area contributed by atoms with E-state index in [-0.39, 0.29) is 23.9 Å². The molecule has 2 aromatic rings. The Morgan fingerprint density at radius 1 is 1.27 bits per heavy atom. The number of nitrogens with two attached hydrogens (primary N) is 1. The summed E-state index contributed by atoms with van der Waals surface area (Å²) in [6.45, 7) is 4.51. The van der Waals surface area contributed by atoms with Gasteiger partial charge in [-0.1, -0.05) is 44.2 Å². The SMILES string of the molecule is CCC(N)(CC)CNC(=O)c1cc(-c2ccccc2)n[nH]1.Cl. The Kier molecular flexibility index (Phi) is 6.59. The number of carbonyl (C=O) groups is 1. The van der Waals surface area contributed by atoms with E-state index in [0.29, 0.717) is 12.2 Å². The highest BCUT2D eigenvalue weighted by molar-refractivity contribution is 5.93. The molecule has 0 unspecified atom stereocenters. The number of benzene rings is 1. The largest absolute Gasteiger partial charge is 0.349 e. The van der Waals surface area contributed by atoms with E-state index in [1.807, 2.05) is 44.2 Å². The number of aromatic amines is 1. The van der Waals surface area contributed by atoms with Crippen molar-refractivity contribution in [2.45, 2.75) is 32.2 Å². The van der Waals surface area contributed by atoms with Crippen molar-refractivity contribution >= 4 is 18.3 Å². The number of hydrogen-bond donors (Lipinski definition) is 3. The Balaban J connectivity index is 0.00000242. The van der Waals surface area contributed by atoms with Gasteiger partial charge in [0, 0.05) is 17.6 Å². The summed E-state index contributed by atoms with van der Waals surface area (Å²) in [5, 5.41) is 9.82. The highest BCUT2D eigenvalue weighted by Crippen LogP contribution is 2.17. The number of carbonyl (C=O) groups excluding carboxylic acids is 1. The van der Waals surface area contributed by atoms with Crippen molar-refractivity contribution in [1.82, 2.24) is 15.5 Å². The van der Waals surface area contributed by atoms with Gasteiger partial charge in [0.15, 0.2) is 0 Å². The maximum atomic E-state index is 12.1. The second-order valence-electron chi connectivity index (χ2n) is 5.29.